The van der Waals surface area contributed by atoms with Gasteiger partial charge in [-0.3, -0.25) is 10.1 Å². The van der Waals surface area contributed by atoms with Gasteiger partial charge in [-0.2, -0.15) is 0 Å². The quantitative estimate of drug-likeness (QED) is 0.291. The van der Waals surface area contributed by atoms with Crippen molar-refractivity contribution >= 4 is 18.0 Å². The maximum Gasteiger partial charge on any atom is 0.408 e. The predicted molar refractivity (Wildman–Crippen MR) is 134 cm³/mol. The molecule has 0 aliphatic carbocycles. The van der Waals surface area contributed by atoms with Crippen LogP contribution in [0.25, 0.3) is 6.08 Å². The summed E-state index contributed by atoms with van der Waals surface area (Å²) in [6.07, 6.45) is 4.49. The standard InChI is InChI=1S/C27H33NO7/c1-17(8-6-7-13-28-26(32)33)22-15-21(29)23(25(31)35-22)24(30)18(2)14-19-9-11-20(12-10-19)34-16-27(3,4)5/h7,9-15,17,28-29H,6,8,16H2,1-5H3,(H,32,33). The summed E-state index contributed by atoms with van der Waals surface area (Å²) in [6, 6.07) is 8.52. The lowest BCUT2D eigenvalue weighted by Crippen LogP contribution is -2.17. The van der Waals surface area contributed by atoms with E-state index in [9.17, 15) is 19.5 Å². The molecule has 2 rings (SSSR count). The molecule has 1 unspecified atom stereocenters. The van der Waals surface area contributed by atoms with Gasteiger partial charge in [0.15, 0.2) is 5.78 Å². The van der Waals surface area contributed by atoms with E-state index < -0.39 is 28.8 Å². The fourth-order valence-corrected chi connectivity index (χ4v) is 3.13. The van der Waals surface area contributed by atoms with Crippen LogP contribution in [0, 0.1) is 5.41 Å². The largest absolute Gasteiger partial charge is 0.507 e. The van der Waals surface area contributed by atoms with Gasteiger partial charge in [-0.1, -0.05) is 45.9 Å². The van der Waals surface area contributed by atoms with Gasteiger partial charge in [0.05, 0.1) is 6.61 Å². The van der Waals surface area contributed by atoms with Crippen LogP contribution >= 0.6 is 0 Å². The molecular formula is C27H33NO7. The molecule has 0 aliphatic heterocycles. The van der Waals surface area contributed by atoms with E-state index in [-0.39, 0.29) is 22.7 Å². The van der Waals surface area contributed by atoms with E-state index >= 15 is 0 Å². The molecule has 1 aromatic carbocycles. The number of hydrogen-bond acceptors (Lipinski definition) is 6. The zero-order chi connectivity index (χ0) is 26.2. The molecule has 35 heavy (non-hydrogen) atoms. The Balaban J connectivity index is 2.11. The fraction of sp³-hybridized carbons (Fsp3) is 0.370. The van der Waals surface area contributed by atoms with Gasteiger partial charge in [0.2, 0.25) is 0 Å². The third kappa shape index (κ3) is 8.81. The minimum Gasteiger partial charge on any atom is -0.507 e. The summed E-state index contributed by atoms with van der Waals surface area (Å²) in [4.78, 5) is 35.8. The molecule has 1 heterocycles. The van der Waals surface area contributed by atoms with Crippen molar-refractivity contribution in [1.29, 1.82) is 0 Å². The van der Waals surface area contributed by atoms with E-state index in [1.54, 1.807) is 26.0 Å². The Kier molecular flexibility index (Phi) is 9.45. The van der Waals surface area contributed by atoms with Crippen molar-refractivity contribution < 1.29 is 29.0 Å². The maximum atomic E-state index is 12.9. The summed E-state index contributed by atoms with van der Waals surface area (Å²) in [7, 11) is 0. The van der Waals surface area contributed by atoms with E-state index in [0.29, 0.717) is 19.4 Å². The summed E-state index contributed by atoms with van der Waals surface area (Å²) < 4.78 is 11.1. The van der Waals surface area contributed by atoms with E-state index in [1.165, 1.54) is 12.3 Å². The van der Waals surface area contributed by atoms with Crippen molar-refractivity contribution in [3.8, 4) is 11.5 Å². The molecule has 0 spiro atoms. The first kappa shape index (κ1) is 27.4. The Hall–Kier alpha value is -3.81. The van der Waals surface area contributed by atoms with Crippen molar-refractivity contribution in [2.75, 3.05) is 6.61 Å². The highest BCUT2D eigenvalue weighted by atomic mass is 16.5. The van der Waals surface area contributed by atoms with Crippen molar-refractivity contribution in [2.45, 2.75) is 53.4 Å². The van der Waals surface area contributed by atoms with E-state index in [1.807, 2.05) is 24.3 Å². The van der Waals surface area contributed by atoms with Gasteiger partial charge >= 0.3 is 11.7 Å². The van der Waals surface area contributed by atoms with E-state index in [4.69, 9.17) is 14.3 Å². The second-order valence-electron chi connectivity index (χ2n) is 9.60. The monoisotopic (exact) mass is 483 g/mol. The molecule has 0 bridgehead atoms. The summed E-state index contributed by atoms with van der Waals surface area (Å²) in [6.45, 7) is 10.2. The minimum absolute atomic E-state index is 0.0362. The summed E-state index contributed by atoms with van der Waals surface area (Å²) >= 11 is 0. The fourth-order valence-electron chi connectivity index (χ4n) is 3.13. The number of carbonyl (C=O) groups excluding carboxylic acids is 1. The van der Waals surface area contributed by atoms with Crippen LogP contribution in [0.3, 0.4) is 0 Å². The first-order valence-corrected chi connectivity index (χ1v) is 11.3. The summed E-state index contributed by atoms with van der Waals surface area (Å²) in [5, 5.41) is 21.1. The molecule has 8 heteroatoms. The lowest BCUT2D eigenvalue weighted by atomic mass is 9.98. The number of aromatic hydroxyl groups is 1. The molecule has 1 amide bonds. The lowest BCUT2D eigenvalue weighted by molar-refractivity contribution is 0.102. The van der Waals surface area contributed by atoms with Crippen LogP contribution in [-0.4, -0.2) is 28.7 Å². The number of ether oxygens (including phenoxy) is 1. The summed E-state index contributed by atoms with van der Waals surface area (Å²) in [5.74, 6) is -0.322. The number of amides is 1. The molecule has 0 fully saturated rings. The number of carbonyl (C=O) groups is 2. The zero-order valence-corrected chi connectivity index (χ0v) is 20.8. The Bertz CT molecular complexity index is 1150. The van der Waals surface area contributed by atoms with Gasteiger partial charge in [-0.25, -0.2) is 9.59 Å². The lowest BCUT2D eigenvalue weighted by Gasteiger charge is -2.18. The molecule has 0 radical (unpaired) electrons. The third-order valence-electron chi connectivity index (χ3n) is 5.05. The molecule has 0 aliphatic rings. The number of nitrogens with one attached hydrogen (secondary N) is 1. The van der Waals surface area contributed by atoms with Crippen molar-refractivity contribution in [2.24, 2.45) is 5.41 Å². The molecule has 3 N–H and O–H groups in total. The Labute approximate surface area is 204 Å². The Morgan fingerprint density at radius 1 is 1.20 bits per heavy atom. The second kappa shape index (κ2) is 12.1. The highest BCUT2D eigenvalue weighted by Gasteiger charge is 2.22. The first-order chi connectivity index (χ1) is 16.4. The molecule has 188 valence electrons. The van der Waals surface area contributed by atoms with Gasteiger partial charge < -0.3 is 19.4 Å². The zero-order valence-electron chi connectivity index (χ0n) is 20.8. The van der Waals surface area contributed by atoms with Gasteiger partial charge in [-0.15, -0.1) is 0 Å². The van der Waals surface area contributed by atoms with Gasteiger partial charge in [0.25, 0.3) is 0 Å². The van der Waals surface area contributed by atoms with Gasteiger partial charge in [-0.05, 0) is 54.5 Å². The predicted octanol–water partition coefficient (Wildman–Crippen LogP) is 5.72. The highest BCUT2D eigenvalue weighted by Crippen LogP contribution is 2.26. The Morgan fingerprint density at radius 3 is 2.43 bits per heavy atom. The number of Topliss-reactive ketones (excluding diaryl/α,β-unsaturated/α-hetero) is 1. The Morgan fingerprint density at radius 2 is 1.86 bits per heavy atom. The van der Waals surface area contributed by atoms with Gasteiger partial charge in [0, 0.05) is 18.2 Å². The number of ketones is 1. The number of hydrogen-bond donors (Lipinski definition) is 3. The third-order valence-corrected chi connectivity index (χ3v) is 5.05. The number of carboxylic acid groups (broad SMARTS) is 1. The average molecular weight is 484 g/mol. The van der Waals surface area contributed by atoms with Gasteiger partial charge in [0.1, 0.15) is 22.8 Å². The first-order valence-electron chi connectivity index (χ1n) is 11.3. The summed E-state index contributed by atoms with van der Waals surface area (Å²) in [5.41, 5.74) is -0.260. The highest BCUT2D eigenvalue weighted by molar-refractivity contribution is 6.12. The molecular weight excluding hydrogens is 450 g/mol. The topological polar surface area (TPSA) is 126 Å². The number of allylic oxidation sites excluding steroid dienone is 2. The van der Waals surface area contributed by atoms with Crippen LogP contribution in [0.2, 0.25) is 0 Å². The molecule has 0 saturated heterocycles. The van der Waals surface area contributed by atoms with Crippen molar-refractivity contribution in [1.82, 2.24) is 5.32 Å². The van der Waals surface area contributed by atoms with Crippen LogP contribution in [0.1, 0.15) is 75.1 Å². The molecule has 1 atom stereocenters. The van der Waals surface area contributed by atoms with Crippen LogP contribution in [-0.2, 0) is 0 Å². The normalized spacial score (nSPS) is 13.0. The number of benzene rings is 1. The average Bonchev–Trinajstić information content (AvgIpc) is 2.76. The van der Waals surface area contributed by atoms with Crippen molar-refractivity contribution in [3.05, 3.63) is 75.5 Å². The van der Waals surface area contributed by atoms with Crippen LogP contribution < -0.4 is 15.7 Å². The maximum absolute atomic E-state index is 12.9. The molecule has 2 aromatic rings. The van der Waals surface area contributed by atoms with Crippen LogP contribution in [0.15, 0.2) is 57.4 Å². The van der Waals surface area contributed by atoms with Crippen LogP contribution in [0.4, 0.5) is 4.79 Å². The van der Waals surface area contributed by atoms with Crippen molar-refractivity contribution in [3.63, 3.8) is 0 Å². The second-order valence-corrected chi connectivity index (χ2v) is 9.60. The van der Waals surface area contributed by atoms with E-state index in [2.05, 4.69) is 26.1 Å². The minimum atomic E-state index is -1.16. The van der Waals surface area contributed by atoms with Crippen LogP contribution in [0.5, 0.6) is 11.5 Å². The molecule has 0 saturated carbocycles. The molecule has 8 nitrogen and oxygen atoms in total. The van der Waals surface area contributed by atoms with E-state index in [0.717, 1.165) is 11.3 Å². The smallest absolute Gasteiger partial charge is 0.408 e. The number of rotatable bonds is 10. The molecule has 1 aromatic heterocycles. The SMILES string of the molecule is CC(=Cc1ccc(OCC(C)(C)C)cc1)C(=O)c1c(O)cc(C(C)CCC=CNC(=O)O)oc1=O.